The molecule has 0 radical (unpaired) electrons. The third kappa shape index (κ3) is 3.89. The monoisotopic (exact) mass is 339 g/mol. The highest BCUT2D eigenvalue weighted by molar-refractivity contribution is 5.33. The summed E-state index contributed by atoms with van der Waals surface area (Å²) in [6.45, 7) is 6.97. The van der Waals surface area contributed by atoms with Gasteiger partial charge < -0.3 is 9.47 Å². The van der Waals surface area contributed by atoms with E-state index >= 15 is 0 Å². The number of hydrogen-bond donors (Lipinski definition) is 0. The summed E-state index contributed by atoms with van der Waals surface area (Å²) in [6.07, 6.45) is 6.19. The van der Waals surface area contributed by atoms with Crippen molar-refractivity contribution in [3.8, 4) is 0 Å². The van der Waals surface area contributed by atoms with E-state index in [1.54, 1.807) is 0 Å². The lowest BCUT2D eigenvalue weighted by molar-refractivity contribution is 0.102. The van der Waals surface area contributed by atoms with Gasteiger partial charge in [0.15, 0.2) is 0 Å². The molecule has 0 bridgehead atoms. The van der Waals surface area contributed by atoms with Gasteiger partial charge in [0.25, 0.3) is 0 Å². The normalized spacial score (nSPS) is 20.6. The van der Waals surface area contributed by atoms with Crippen LogP contribution in [0.1, 0.15) is 34.5 Å². The molecule has 2 aromatic rings. The van der Waals surface area contributed by atoms with Crippen molar-refractivity contribution in [1.82, 2.24) is 14.9 Å². The average molecular weight is 339 g/mol. The Bertz CT molecular complexity index is 729. The number of aryl methyl sites for hydroxylation is 1. The van der Waals surface area contributed by atoms with Crippen LogP contribution in [0.4, 0.5) is 0 Å². The number of ether oxygens (including phenoxy) is 2. The molecule has 0 unspecified atom stereocenters. The molecule has 1 saturated heterocycles. The second kappa shape index (κ2) is 7.60. The number of rotatable bonds is 5. The van der Waals surface area contributed by atoms with E-state index in [1.807, 2.05) is 37.5 Å². The van der Waals surface area contributed by atoms with Crippen molar-refractivity contribution in [3.63, 3.8) is 0 Å². The lowest BCUT2D eigenvalue weighted by Gasteiger charge is -2.33. The number of nitrogens with zero attached hydrogens (tertiary/aromatic N) is 3. The Hall–Kier alpha value is -1.82. The largest absolute Gasteiger partial charge is 0.380 e. The highest BCUT2D eigenvalue weighted by Crippen LogP contribution is 2.25. The second-order valence-electron chi connectivity index (χ2n) is 6.94. The summed E-state index contributed by atoms with van der Waals surface area (Å²) < 4.78 is 11.5. The van der Waals surface area contributed by atoms with Crippen LogP contribution in [-0.2, 0) is 35.7 Å². The molecule has 2 aliphatic rings. The zero-order chi connectivity index (χ0) is 17.1. The molecule has 2 aliphatic heterocycles. The smallest absolute Gasteiger partial charge is 0.0892 e. The highest BCUT2D eigenvalue weighted by Gasteiger charge is 2.27. The fourth-order valence-corrected chi connectivity index (χ4v) is 3.78. The van der Waals surface area contributed by atoms with Gasteiger partial charge in [0.05, 0.1) is 25.5 Å². The minimum atomic E-state index is 0.539. The molecule has 0 aliphatic carbocycles. The van der Waals surface area contributed by atoms with Gasteiger partial charge >= 0.3 is 0 Å². The van der Waals surface area contributed by atoms with E-state index in [9.17, 15) is 0 Å². The van der Waals surface area contributed by atoms with Crippen molar-refractivity contribution < 1.29 is 9.47 Å². The van der Waals surface area contributed by atoms with Crippen molar-refractivity contribution in [2.24, 2.45) is 0 Å². The first-order valence-electron chi connectivity index (χ1n) is 9.06. The SMILES string of the molecule is Cc1cccc(COCc2cncc3c2CCN([C@H]2CCOC2)C3)n1. The summed E-state index contributed by atoms with van der Waals surface area (Å²) >= 11 is 0. The molecule has 4 heterocycles. The van der Waals surface area contributed by atoms with Crippen molar-refractivity contribution >= 4 is 0 Å². The highest BCUT2D eigenvalue weighted by atomic mass is 16.5. The van der Waals surface area contributed by atoms with Gasteiger partial charge in [0.2, 0.25) is 0 Å². The van der Waals surface area contributed by atoms with Gasteiger partial charge in [-0.2, -0.15) is 0 Å². The van der Waals surface area contributed by atoms with Crippen LogP contribution in [0.3, 0.4) is 0 Å². The van der Waals surface area contributed by atoms with E-state index in [1.165, 1.54) is 16.7 Å². The van der Waals surface area contributed by atoms with Crippen LogP contribution in [0.5, 0.6) is 0 Å². The maximum absolute atomic E-state index is 5.92. The van der Waals surface area contributed by atoms with Gasteiger partial charge in [0.1, 0.15) is 0 Å². The van der Waals surface area contributed by atoms with E-state index in [-0.39, 0.29) is 0 Å². The maximum atomic E-state index is 5.92. The topological polar surface area (TPSA) is 47.5 Å². The van der Waals surface area contributed by atoms with Crippen molar-refractivity contribution in [2.45, 2.75) is 45.6 Å². The van der Waals surface area contributed by atoms with Gasteiger partial charge in [-0.1, -0.05) is 6.07 Å². The molecule has 2 aromatic heterocycles. The lowest BCUT2D eigenvalue weighted by atomic mass is 9.96. The van der Waals surface area contributed by atoms with Crippen LogP contribution >= 0.6 is 0 Å². The van der Waals surface area contributed by atoms with E-state index in [4.69, 9.17) is 9.47 Å². The summed E-state index contributed by atoms with van der Waals surface area (Å²) in [5.41, 5.74) is 5.98. The predicted octanol–water partition coefficient (Wildman–Crippen LogP) is 2.65. The van der Waals surface area contributed by atoms with E-state index in [0.717, 1.165) is 50.5 Å². The molecule has 0 saturated carbocycles. The van der Waals surface area contributed by atoms with Crippen molar-refractivity contribution in [3.05, 3.63) is 58.7 Å². The molecule has 0 N–H and O–H groups in total. The third-order valence-corrected chi connectivity index (χ3v) is 5.13. The van der Waals surface area contributed by atoms with Gasteiger partial charge in [0, 0.05) is 43.8 Å². The third-order valence-electron chi connectivity index (χ3n) is 5.13. The molecular weight excluding hydrogens is 314 g/mol. The molecule has 25 heavy (non-hydrogen) atoms. The Labute approximate surface area is 149 Å². The Morgan fingerprint density at radius 2 is 2.24 bits per heavy atom. The molecule has 4 rings (SSSR count). The standard InChI is InChI=1S/C20H25N3O2/c1-15-3-2-4-18(22-15)13-25-12-17-10-21-9-16-11-23(7-5-20(16)17)19-6-8-24-14-19/h2-4,9-10,19H,5-8,11-14H2,1H3/t19-/m0/s1. The fourth-order valence-electron chi connectivity index (χ4n) is 3.78. The minimum absolute atomic E-state index is 0.539. The Balaban J connectivity index is 1.39. The zero-order valence-electron chi connectivity index (χ0n) is 14.8. The molecule has 0 aromatic carbocycles. The first-order chi connectivity index (χ1) is 12.3. The van der Waals surface area contributed by atoms with E-state index in [0.29, 0.717) is 19.3 Å². The van der Waals surface area contributed by atoms with Crippen LogP contribution in [-0.4, -0.2) is 40.7 Å². The molecule has 5 heteroatoms. The van der Waals surface area contributed by atoms with Crippen molar-refractivity contribution in [1.29, 1.82) is 0 Å². The predicted molar refractivity (Wildman–Crippen MR) is 95.0 cm³/mol. The first-order valence-corrected chi connectivity index (χ1v) is 9.06. The summed E-state index contributed by atoms with van der Waals surface area (Å²) in [5.74, 6) is 0. The van der Waals surface area contributed by atoms with Crippen LogP contribution in [0.2, 0.25) is 0 Å². The molecule has 0 amide bonds. The van der Waals surface area contributed by atoms with Gasteiger partial charge in [-0.15, -0.1) is 0 Å². The van der Waals surface area contributed by atoms with Crippen LogP contribution in [0, 0.1) is 6.92 Å². The van der Waals surface area contributed by atoms with Crippen LogP contribution in [0.25, 0.3) is 0 Å². The van der Waals surface area contributed by atoms with Crippen LogP contribution in [0.15, 0.2) is 30.6 Å². The van der Waals surface area contributed by atoms with E-state index in [2.05, 4.69) is 14.9 Å². The molecular formula is C20H25N3O2. The number of pyridine rings is 2. The molecule has 0 spiro atoms. The first kappa shape index (κ1) is 16.6. The Morgan fingerprint density at radius 1 is 1.28 bits per heavy atom. The second-order valence-corrected chi connectivity index (χ2v) is 6.94. The fraction of sp³-hybridized carbons (Fsp3) is 0.500. The number of hydrogen-bond acceptors (Lipinski definition) is 5. The summed E-state index contributed by atoms with van der Waals surface area (Å²) in [7, 11) is 0. The van der Waals surface area contributed by atoms with Gasteiger partial charge in [-0.25, -0.2) is 0 Å². The average Bonchev–Trinajstić information content (AvgIpc) is 3.16. The van der Waals surface area contributed by atoms with Crippen LogP contribution < -0.4 is 0 Å². The minimum Gasteiger partial charge on any atom is -0.380 e. The molecule has 1 atom stereocenters. The zero-order valence-corrected chi connectivity index (χ0v) is 14.8. The summed E-state index contributed by atoms with van der Waals surface area (Å²) in [6, 6.07) is 6.60. The number of aromatic nitrogens is 2. The quantitative estimate of drug-likeness (QED) is 0.838. The lowest BCUT2D eigenvalue weighted by Crippen LogP contribution is -2.40. The van der Waals surface area contributed by atoms with Crippen molar-refractivity contribution in [2.75, 3.05) is 19.8 Å². The molecule has 132 valence electrons. The summed E-state index contributed by atoms with van der Waals surface area (Å²) in [4.78, 5) is 11.5. The Morgan fingerprint density at radius 3 is 3.08 bits per heavy atom. The number of fused-ring (bicyclic) bond motifs is 1. The molecule has 1 fully saturated rings. The molecule has 5 nitrogen and oxygen atoms in total. The van der Waals surface area contributed by atoms with Gasteiger partial charge in [-0.3, -0.25) is 14.9 Å². The van der Waals surface area contributed by atoms with Gasteiger partial charge in [-0.05, 0) is 48.6 Å². The summed E-state index contributed by atoms with van der Waals surface area (Å²) in [5, 5.41) is 0. The maximum Gasteiger partial charge on any atom is 0.0892 e. The Kier molecular flexibility index (Phi) is 5.06. The van der Waals surface area contributed by atoms with E-state index < -0.39 is 0 Å².